The maximum Gasteiger partial charge on any atom is 0.243 e. The summed E-state index contributed by atoms with van der Waals surface area (Å²) in [5.74, 6) is -0.00980. The van der Waals surface area contributed by atoms with Gasteiger partial charge in [-0.05, 0) is 50.3 Å². The zero-order valence-corrected chi connectivity index (χ0v) is 16.2. The summed E-state index contributed by atoms with van der Waals surface area (Å²) in [6.07, 6.45) is 3.59. The summed E-state index contributed by atoms with van der Waals surface area (Å²) in [6.45, 7) is 3.70. The van der Waals surface area contributed by atoms with Crippen molar-refractivity contribution in [3.8, 4) is 0 Å². The molecule has 3 N–H and O–H groups in total. The Morgan fingerprint density at radius 1 is 1.24 bits per heavy atom. The van der Waals surface area contributed by atoms with Gasteiger partial charge >= 0.3 is 0 Å². The van der Waals surface area contributed by atoms with Gasteiger partial charge in [0.1, 0.15) is 0 Å². The third-order valence-electron chi connectivity index (χ3n) is 4.19. The van der Waals surface area contributed by atoms with Crippen LogP contribution in [-0.4, -0.2) is 44.3 Å². The molecule has 0 bridgehead atoms. The lowest BCUT2D eigenvalue weighted by Crippen LogP contribution is -2.29. The molecule has 8 heteroatoms. The second kappa shape index (κ2) is 10.1. The smallest absolute Gasteiger partial charge is 0.243 e. The van der Waals surface area contributed by atoms with Crippen molar-refractivity contribution >= 4 is 28.3 Å². The molecule has 1 unspecified atom stereocenters. The van der Waals surface area contributed by atoms with E-state index in [1.54, 1.807) is 24.3 Å². The molecule has 0 aliphatic carbocycles. The van der Waals surface area contributed by atoms with Crippen molar-refractivity contribution in [2.45, 2.75) is 50.0 Å². The first kappa shape index (κ1) is 21.9. The molecule has 1 fully saturated rings. The number of amides is 1. The summed E-state index contributed by atoms with van der Waals surface area (Å²) in [5, 5.41) is 2.84. The number of halogens is 1. The van der Waals surface area contributed by atoms with Crippen LogP contribution in [0, 0.1) is 0 Å². The topological polar surface area (TPSA) is 92.5 Å². The second-order valence-electron chi connectivity index (χ2n) is 6.37. The van der Waals surface area contributed by atoms with E-state index in [1.807, 2.05) is 6.92 Å². The number of hydrogen-bond acceptors (Lipinski definition) is 4. The highest BCUT2D eigenvalue weighted by Crippen LogP contribution is 2.21. The Morgan fingerprint density at radius 2 is 1.84 bits per heavy atom. The van der Waals surface area contributed by atoms with E-state index in [1.165, 1.54) is 4.31 Å². The number of benzene rings is 1. The molecule has 1 aromatic carbocycles. The SMILES string of the molecule is CC(N)CCNC(=O)CCc1ccc(S(=O)(=O)N2CCCC2)cc1.Cl. The highest BCUT2D eigenvalue weighted by Gasteiger charge is 2.26. The zero-order chi connectivity index (χ0) is 17.6. The maximum absolute atomic E-state index is 12.4. The molecule has 142 valence electrons. The molecular weight excluding hydrogens is 362 g/mol. The van der Waals surface area contributed by atoms with Crippen molar-refractivity contribution in [1.82, 2.24) is 9.62 Å². The Balaban J connectivity index is 0.00000312. The van der Waals surface area contributed by atoms with Crippen LogP contribution in [-0.2, 0) is 21.2 Å². The lowest BCUT2D eigenvalue weighted by molar-refractivity contribution is -0.121. The van der Waals surface area contributed by atoms with Crippen molar-refractivity contribution < 1.29 is 13.2 Å². The highest BCUT2D eigenvalue weighted by molar-refractivity contribution is 7.89. The van der Waals surface area contributed by atoms with Crippen molar-refractivity contribution in [2.24, 2.45) is 5.73 Å². The minimum atomic E-state index is -3.36. The summed E-state index contributed by atoms with van der Waals surface area (Å²) >= 11 is 0. The van der Waals surface area contributed by atoms with Gasteiger partial charge in [0, 0.05) is 32.1 Å². The molecule has 1 atom stereocenters. The molecule has 6 nitrogen and oxygen atoms in total. The summed E-state index contributed by atoms with van der Waals surface area (Å²) in [6, 6.07) is 6.93. The maximum atomic E-state index is 12.4. The fourth-order valence-electron chi connectivity index (χ4n) is 2.69. The number of nitrogens with zero attached hydrogens (tertiary/aromatic N) is 1. The molecular formula is C17H28ClN3O3S. The van der Waals surface area contributed by atoms with Crippen LogP contribution in [0.3, 0.4) is 0 Å². The lowest BCUT2D eigenvalue weighted by Gasteiger charge is -2.15. The van der Waals surface area contributed by atoms with Crippen molar-refractivity contribution in [3.05, 3.63) is 29.8 Å². The predicted octanol–water partition coefficient (Wildman–Crippen LogP) is 1.68. The number of aryl methyl sites for hydroxylation is 1. The van der Waals surface area contributed by atoms with Gasteiger partial charge in [-0.15, -0.1) is 12.4 Å². The Bertz CT molecular complexity index is 642. The number of carbonyl (C=O) groups is 1. The fraction of sp³-hybridized carbons (Fsp3) is 0.588. The number of nitrogens with two attached hydrogens (primary N) is 1. The van der Waals surface area contributed by atoms with Crippen LogP contribution in [0.2, 0.25) is 0 Å². The summed E-state index contributed by atoms with van der Waals surface area (Å²) in [7, 11) is -3.36. The third-order valence-corrected chi connectivity index (χ3v) is 6.10. The monoisotopic (exact) mass is 389 g/mol. The van der Waals surface area contributed by atoms with Crippen LogP contribution in [0.25, 0.3) is 0 Å². The molecule has 1 aliphatic heterocycles. The largest absolute Gasteiger partial charge is 0.356 e. The van der Waals surface area contributed by atoms with Gasteiger partial charge in [-0.2, -0.15) is 4.31 Å². The van der Waals surface area contributed by atoms with E-state index < -0.39 is 10.0 Å². The second-order valence-corrected chi connectivity index (χ2v) is 8.31. The Hall–Kier alpha value is -1.15. The molecule has 0 spiro atoms. The summed E-state index contributed by atoms with van der Waals surface area (Å²) in [4.78, 5) is 12.1. The molecule has 2 rings (SSSR count). The molecule has 1 amide bonds. The van der Waals surface area contributed by atoms with Crippen LogP contribution in [0.5, 0.6) is 0 Å². The molecule has 1 aliphatic rings. The van der Waals surface area contributed by atoms with Crippen molar-refractivity contribution in [3.63, 3.8) is 0 Å². The third kappa shape index (κ3) is 6.58. The van der Waals surface area contributed by atoms with Gasteiger partial charge in [0.15, 0.2) is 0 Å². The standard InChI is InChI=1S/C17H27N3O3S.ClH/c1-14(18)10-11-19-17(21)9-6-15-4-7-16(8-5-15)24(22,23)20-12-2-3-13-20;/h4-5,7-8,14H,2-3,6,9-13,18H2,1H3,(H,19,21);1H. The van der Waals surface area contributed by atoms with Crippen molar-refractivity contribution in [1.29, 1.82) is 0 Å². The summed E-state index contributed by atoms with van der Waals surface area (Å²) in [5.41, 5.74) is 6.59. The van der Waals surface area contributed by atoms with E-state index in [0.29, 0.717) is 37.4 Å². The van der Waals surface area contributed by atoms with Gasteiger partial charge in [0.05, 0.1) is 4.90 Å². The molecule has 0 saturated carbocycles. The average Bonchev–Trinajstić information content (AvgIpc) is 3.08. The molecule has 25 heavy (non-hydrogen) atoms. The van der Waals surface area contributed by atoms with Gasteiger partial charge in [-0.3, -0.25) is 4.79 Å². The number of carbonyl (C=O) groups excluding carboxylic acids is 1. The highest BCUT2D eigenvalue weighted by atomic mass is 35.5. The number of nitrogens with one attached hydrogen (secondary N) is 1. The first-order valence-electron chi connectivity index (χ1n) is 8.51. The fourth-order valence-corrected chi connectivity index (χ4v) is 4.21. The van der Waals surface area contributed by atoms with Crippen LogP contribution >= 0.6 is 12.4 Å². The molecule has 1 aromatic rings. The Labute approximate surface area is 156 Å². The van der Waals surface area contributed by atoms with Gasteiger partial charge < -0.3 is 11.1 Å². The van der Waals surface area contributed by atoms with Gasteiger partial charge in [-0.25, -0.2) is 8.42 Å². The van der Waals surface area contributed by atoms with E-state index >= 15 is 0 Å². The van der Waals surface area contributed by atoms with E-state index in [9.17, 15) is 13.2 Å². The van der Waals surface area contributed by atoms with Gasteiger partial charge in [0.25, 0.3) is 0 Å². The lowest BCUT2D eigenvalue weighted by atomic mass is 10.1. The molecule has 1 saturated heterocycles. The zero-order valence-electron chi connectivity index (χ0n) is 14.6. The van der Waals surface area contributed by atoms with E-state index in [2.05, 4.69) is 5.32 Å². The van der Waals surface area contributed by atoms with Crippen LogP contribution in [0.4, 0.5) is 0 Å². The van der Waals surface area contributed by atoms with E-state index in [4.69, 9.17) is 5.73 Å². The predicted molar refractivity (Wildman–Crippen MR) is 101 cm³/mol. The van der Waals surface area contributed by atoms with E-state index in [0.717, 1.165) is 24.8 Å². The first-order chi connectivity index (χ1) is 11.4. The van der Waals surface area contributed by atoms with Crippen LogP contribution < -0.4 is 11.1 Å². The van der Waals surface area contributed by atoms with Gasteiger partial charge in [-0.1, -0.05) is 12.1 Å². The Morgan fingerprint density at radius 3 is 2.40 bits per heavy atom. The van der Waals surface area contributed by atoms with Gasteiger partial charge in [0.2, 0.25) is 15.9 Å². The normalized spacial score (nSPS) is 16.2. The molecule has 0 radical (unpaired) electrons. The van der Waals surface area contributed by atoms with Crippen molar-refractivity contribution in [2.75, 3.05) is 19.6 Å². The number of sulfonamides is 1. The van der Waals surface area contributed by atoms with E-state index in [-0.39, 0.29) is 24.4 Å². The molecule has 1 heterocycles. The minimum Gasteiger partial charge on any atom is -0.356 e. The van der Waals surface area contributed by atoms with Crippen LogP contribution in [0.15, 0.2) is 29.2 Å². The first-order valence-corrected chi connectivity index (χ1v) is 9.95. The average molecular weight is 390 g/mol. The summed E-state index contributed by atoms with van der Waals surface area (Å²) < 4.78 is 26.4. The molecule has 0 aromatic heterocycles. The number of rotatable bonds is 8. The minimum absolute atomic E-state index is 0. The Kier molecular flexibility index (Phi) is 8.85. The quantitative estimate of drug-likeness (QED) is 0.707. The number of hydrogen-bond donors (Lipinski definition) is 2. The van der Waals surface area contributed by atoms with Crippen LogP contribution in [0.1, 0.15) is 38.2 Å².